The van der Waals surface area contributed by atoms with Crippen molar-refractivity contribution in [2.24, 2.45) is 0 Å². The minimum Gasteiger partial charge on any atom is -0.207 e. The number of nitrogens with zero attached hydrogens (tertiary/aromatic N) is 1. The van der Waals surface area contributed by atoms with E-state index in [1.54, 1.807) is 15.6 Å². The zero-order valence-corrected chi connectivity index (χ0v) is 14.6. The lowest BCUT2D eigenvalue weighted by Crippen LogP contribution is -2.25. The molecule has 0 radical (unpaired) electrons. The minimum absolute atomic E-state index is 0.576. The number of fused-ring (bicyclic) bond motifs is 1. The third-order valence-corrected chi connectivity index (χ3v) is 7.36. The summed E-state index contributed by atoms with van der Waals surface area (Å²) in [6, 6.07) is 0. The van der Waals surface area contributed by atoms with Crippen LogP contribution in [0.4, 0.5) is 0 Å². The molecule has 0 aliphatic carbocycles. The molecule has 108 valence electrons. The number of halogens is 1. The van der Waals surface area contributed by atoms with E-state index in [1.165, 1.54) is 6.42 Å². The standard InChI is InChI=1S/C13H20BrNO2S2/c1-10-12-9-15(8-6-4-3-5-7-14)19(16,17)13(12)11(2)18-10/h3-9H2,1-2H3. The number of unbranched alkanes of at least 4 members (excludes halogenated alkanes) is 3. The summed E-state index contributed by atoms with van der Waals surface area (Å²) in [5.74, 6) is 0. The molecule has 3 nitrogen and oxygen atoms in total. The average molecular weight is 366 g/mol. The summed E-state index contributed by atoms with van der Waals surface area (Å²) in [7, 11) is -3.21. The summed E-state index contributed by atoms with van der Waals surface area (Å²) in [6.07, 6.45) is 4.39. The van der Waals surface area contributed by atoms with Gasteiger partial charge in [0.25, 0.3) is 0 Å². The minimum atomic E-state index is -3.21. The molecule has 0 fully saturated rings. The monoisotopic (exact) mass is 365 g/mol. The number of thiophene rings is 1. The predicted octanol–water partition coefficient (Wildman–Crippen LogP) is 3.82. The van der Waals surface area contributed by atoms with E-state index < -0.39 is 10.0 Å². The summed E-state index contributed by atoms with van der Waals surface area (Å²) in [5, 5.41) is 1.03. The fourth-order valence-corrected chi connectivity index (χ4v) is 6.24. The van der Waals surface area contributed by atoms with Gasteiger partial charge in [0.05, 0.1) is 0 Å². The van der Waals surface area contributed by atoms with E-state index in [9.17, 15) is 8.42 Å². The van der Waals surface area contributed by atoms with Gasteiger partial charge in [-0.3, -0.25) is 0 Å². The Labute approximate surface area is 128 Å². The second-order valence-corrected chi connectivity index (χ2v) is 9.06. The predicted molar refractivity (Wildman–Crippen MR) is 83.7 cm³/mol. The maximum Gasteiger partial charge on any atom is 0.244 e. The first-order valence-corrected chi connectivity index (χ1v) is 10.0. The number of hydrogen-bond acceptors (Lipinski definition) is 3. The van der Waals surface area contributed by atoms with Crippen molar-refractivity contribution in [2.75, 3.05) is 11.9 Å². The van der Waals surface area contributed by atoms with Crippen LogP contribution in [0.25, 0.3) is 0 Å². The highest BCUT2D eigenvalue weighted by Gasteiger charge is 2.38. The van der Waals surface area contributed by atoms with E-state index in [2.05, 4.69) is 15.9 Å². The van der Waals surface area contributed by atoms with E-state index in [1.807, 2.05) is 13.8 Å². The number of sulfonamides is 1. The molecule has 0 N–H and O–H groups in total. The van der Waals surface area contributed by atoms with Crippen LogP contribution < -0.4 is 0 Å². The van der Waals surface area contributed by atoms with Crippen LogP contribution in [0.15, 0.2) is 4.90 Å². The number of alkyl halides is 1. The van der Waals surface area contributed by atoms with Gasteiger partial charge in [0, 0.05) is 33.7 Å². The lowest BCUT2D eigenvalue weighted by molar-refractivity contribution is 0.409. The first-order chi connectivity index (χ1) is 8.98. The third-order valence-electron chi connectivity index (χ3n) is 3.55. The van der Waals surface area contributed by atoms with Gasteiger partial charge in [-0.25, -0.2) is 8.42 Å². The molecule has 1 aliphatic heterocycles. The SMILES string of the molecule is Cc1sc(C)c2c1CN(CCCCCCBr)S2(=O)=O. The Hall–Kier alpha value is 0.0900. The van der Waals surface area contributed by atoms with Crippen molar-refractivity contribution in [3.05, 3.63) is 15.3 Å². The normalized spacial score (nSPS) is 17.8. The van der Waals surface area contributed by atoms with Crippen molar-refractivity contribution in [3.63, 3.8) is 0 Å². The van der Waals surface area contributed by atoms with E-state index in [4.69, 9.17) is 0 Å². The molecule has 0 aromatic carbocycles. The average Bonchev–Trinajstić information content (AvgIpc) is 2.76. The molecule has 0 unspecified atom stereocenters. The van der Waals surface area contributed by atoms with Crippen LogP contribution in [0.2, 0.25) is 0 Å². The third kappa shape index (κ3) is 3.06. The van der Waals surface area contributed by atoms with Crippen molar-refractivity contribution in [2.45, 2.75) is 51.0 Å². The Morgan fingerprint density at radius 2 is 1.84 bits per heavy atom. The largest absolute Gasteiger partial charge is 0.244 e. The van der Waals surface area contributed by atoms with Gasteiger partial charge < -0.3 is 0 Å². The molecule has 0 spiro atoms. The fraction of sp³-hybridized carbons (Fsp3) is 0.692. The van der Waals surface area contributed by atoms with Gasteiger partial charge in [-0.05, 0) is 26.7 Å². The smallest absolute Gasteiger partial charge is 0.207 e. The Morgan fingerprint density at radius 3 is 2.47 bits per heavy atom. The van der Waals surface area contributed by atoms with Crippen molar-refractivity contribution in [1.29, 1.82) is 0 Å². The maximum absolute atomic E-state index is 12.5. The Balaban J connectivity index is 2.01. The highest BCUT2D eigenvalue weighted by Crippen LogP contribution is 2.39. The summed E-state index contributed by atoms with van der Waals surface area (Å²) in [4.78, 5) is 2.68. The van der Waals surface area contributed by atoms with Gasteiger partial charge in [0.15, 0.2) is 0 Å². The zero-order valence-electron chi connectivity index (χ0n) is 11.4. The molecule has 0 bridgehead atoms. The second-order valence-electron chi connectivity index (χ2n) is 4.96. The molecule has 1 aromatic rings. The Bertz CT molecular complexity index is 551. The second kappa shape index (κ2) is 6.24. The molecule has 1 aliphatic rings. The van der Waals surface area contributed by atoms with Gasteiger partial charge in [-0.1, -0.05) is 28.8 Å². The molecular formula is C13H20BrNO2S2. The molecule has 1 aromatic heterocycles. The topological polar surface area (TPSA) is 37.4 Å². The zero-order chi connectivity index (χ0) is 14.0. The molecule has 0 saturated heterocycles. The molecule has 0 atom stereocenters. The summed E-state index contributed by atoms with van der Waals surface area (Å²) >= 11 is 5.01. The van der Waals surface area contributed by atoms with E-state index in [0.29, 0.717) is 18.0 Å². The van der Waals surface area contributed by atoms with Gasteiger partial charge >= 0.3 is 0 Å². The van der Waals surface area contributed by atoms with Gasteiger partial charge in [-0.15, -0.1) is 11.3 Å². The lowest BCUT2D eigenvalue weighted by Gasteiger charge is -2.14. The summed E-state index contributed by atoms with van der Waals surface area (Å²) in [5.41, 5.74) is 1.03. The van der Waals surface area contributed by atoms with Crippen molar-refractivity contribution >= 4 is 37.3 Å². The van der Waals surface area contributed by atoms with Crippen LogP contribution in [-0.4, -0.2) is 24.6 Å². The highest BCUT2D eigenvalue weighted by atomic mass is 79.9. The van der Waals surface area contributed by atoms with Crippen LogP contribution in [0.3, 0.4) is 0 Å². The first-order valence-electron chi connectivity index (χ1n) is 6.63. The number of rotatable bonds is 6. The molecule has 2 rings (SSSR count). The van der Waals surface area contributed by atoms with Crippen LogP contribution in [0.5, 0.6) is 0 Å². The molecule has 6 heteroatoms. The number of aryl methyl sites for hydroxylation is 2. The van der Waals surface area contributed by atoms with Gasteiger partial charge in [0.1, 0.15) is 4.90 Å². The molecular weight excluding hydrogens is 346 g/mol. The molecule has 0 amide bonds. The lowest BCUT2D eigenvalue weighted by atomic mass is 10.2. The van der Waals surface area contributed by atoms with Crippen LogP contribution >= 0.6 is 27.3 Å². The van der Waals surface area contributed by atoms with Crippen LogP contribution in [0.1, 0.15) is 41.0 Å². The van der Waals surface area contributed by atoms with Crippen molar-refractivity contribution in [3.8, 4) is 0 Å². The van der Waals surface area contributed by atoms with Crippen molar-refractivity contribution in [1.82, 2.24) is 4.31 Å². The first kappa shape index (κ1) is 15.5. The highest BCUT2D eigenvalue weighted by molar-refractivity contribution is 9.09. The summed E-state index contributed by atoms with van der Waals surface area (Å²) in [6.45, 7) is 5.16. The fourth-order valence-electron chi connectivity index (χ4n) is 2.56. The Kier molecular flexibility index (Phi) is 5.09. The van der Waals surface area contributed by atoms with Crippen molar-refractivity contribution < 1.29 is 8.42 Å². The van der Waals surface area contributed by atoms with Gasteiger partial charge in [-0.2, -0.15) is 4.31 Å². The Morgan fingerprint density at radius 1 is 1.16 bits per heavy atom. The summed E-state index contributed by atoms with van der Waals surface area (Å²) < 4.78 is 26.6. The van der Waals surface area contributed by atoms with E-state index in [0.717, 1.165) is 39.9 Å². The number of hydrogen-bond donors (Lipinski definition) is 0. The van der Waals surface area contributed by atoms with Crippen LogP contribution in [-0.2, 0) is 16.6 Å². The van der Waals surface area contributed by atoms with Crippen LogP contribution in [0, 0.1) is 13.8 Å². The molecule has 19 heavy (non-hydrogen) atoms. The molecule has 2 heterocycles. The quantitative estimate of drug-likeness (QED) is 0.567. The van der Waals surface area contributed by atoms with Gasteiger partial charge in [0.2, 0.25) is 10.0 Å². The van der Waals surface area contributed by atoms with E-state index in [-0.39, 0.29) is 0 Å². The maximum atomic E-state index is 12.5. The molecule has 0 saturated carbocycles. The van der Waals surface area contributed by atoms with E-state index >= 15 is 0 Å².